The maximum atomic E-state index is 12.7. The molecule has 27 heavy (non-hydrogen) atoms. The summed E-state index contributed by atoms with van der Waals surface area (Å²) in [6.45, 7) is 1.44. The highest BCUT2D eigenvalue weighted by Gasteiger charge is 2.29. The molecule has 1 unspecified atom stereocenters. The number of aryl methyl sites for hydroxylation is 1. The molecule has 0 aliphatic carbocycles. The third-order valence-electron chi connectivity index (χ3n) is 4.99. The molecule has 1 aliphatic rings. The molecule has 1 aromatic heterocycles. The highest BCUT2D eigenvalue weighted by atomic mass is 16.2. The SMILES string of the molecule is O=C(CCCn1nnc(-c2ccccc2)n1)N1CCCC1c1ccccc1. The Hall–Kier alpha value is -3.02. The van der Waals surface area contributed by atoms with Crippen LogP contribution in [0.3, 0.4) is 0 Å². The number of carbonyl (C=O) groups is 1. The van der Waals surface area contributed by atoms with E-state index in [1.807, 2.05) is 53.4 Å². The van der Waals surface area contributed by atoms with E-state index < -0.39 is 0 Å². The number of benzene rings is 2. The molecule has 2 aromatic carbocycles. The quantitative estimate of drug-likeness (QED) is 0.674. The van der Waals surface area contributed by atoms with Crippen molar-refractivity contribution in [2.75, 3.05) is 6.54 Å². The number of rotatable bonds is 6. The first-order valence-electron chi connectivity index (χ1n) is 9.49. The minimum absolute atomic E-state index is 0.213. The minimum Gasteiger partial charge on any atom is -0.336 e. The summed E-state index contributed by atoms with van der Waals surface area (Å²) in [5, 5.41) is 12.6. The van der Waals surface area contributed by atoms with E-state index in [0.29, 0.717) is 25.2 Å². The third kappa shape index (κ3) is 4.05. The topological polar surface area (TPSA) is 63.9 Å². The second kappa shape index (κ2) is 8.12. The zero-order valence-corrected chi connectivity index (χ0v) is 15.2. The van der Waals surface area contributed by atoms with E-state index >= 15 is 0 Å². The predicted octanol–water partition coefficient (Wildman–Crippen LogP) is 3.48. The first-order valence-corrected chi connectivity index (χ1v) is 9.49. The molecule has 6 nitrogen and oxygen atoms in total. The summed E-state index contributed by atoms with van der Waals surface area (Å²) in [7, 11) is 0. The van der Waals surface area contributed by atoms with Gasteiger partial charge in [0.1, 0.15) is 0 Å². The van der Waals surface area contributed by atoms with Crippen LogP contribution in [0.2, 0.25) is 0 Å². The lowest BCUT2D eigenvalue weighted by Crippen LogP contribution is -2.30. The van der Waals surface area contributed by atoms with Crippen LogP contribution in [0.5, 0.6) is 0 Å². The monoisotopic (exact) mass is 361 g/mol. The maximum absolute atomic E-state index is 12.7. The van der Waals surface area contributed by atoms with Gasteiger partial charge in [-0.25, -0.2) is 0 Å². The summed E-state index contributed by atoms with van der Waals surface area (Å²) in [5.41, 5.74) is 2.18. The zero-order chi connectivity index (χ0) is 18.5. The second-order valence-electron chi connectivity index (χ2n) is 6.83. The number of carbonyl (C=O) groups excluding carboxylic acids is 1. The van der Waals surface area contributed by atoms with E-state index in [1.165, 1.54) is 5.56 Å². The lowest BCUT2D eigenvalue weighted by molar-refractivity contribution is -0.132. The van der Waals surface area contributed by atoms with Crippen molar-refractivity contribution < 1.29 is 4.79 Å². The van der Waals surface area contributed by atoms with Crippen molar-refractivity contribution in [1.82, 2.24) is 25.1 Å². The first kappa shape index (κ1) is 17.4. The Balaban J connectivity index is 1.31. The Morgan fingerprint density at radius 2 is 1.78 bits per heavy atom. The van der Waals surface area contributed by atoms with Crippen LogP contribution >= 0.6 is 0 Å². The molecule has 1 saturated heterocycles. The van der Waals surface area contributed by atoms with Crippen LogP contribution in [-0.4, -0.2) is 37.6 Å². The largest absolute Gasteiger partial charge is 0.336 e. The van der Waals surface area contributed by atoms with Crippen molar-refractivity contribution in [3.05, 3.63) is 66.2 Å². The Bertz CT molecular complexity index is 878. The molecular formula is C21H23N5O. The number of hydrogen-bond donors (Lipinski definition) is 0. The van der Waals surface area contributed by atoms with Crippen LogP contribution in [-0.2, 0) is 11.3 Å². The zero-order valence-electron chi connectivity index (χ0n) is 15.2. The lowest BCUT2D eigenvalue weighted by atomic mass is 10.0. The van der Waals surface area contributed by atoms with Crippen LogP contribution < -0.4 is 0 Å². The predicted molar refractivity (Wildman–Crippen MR) is 103 cm³/mol. The Morgan fingerprint density at radius 3 is 2.56 bits per heavy atom. The van der Waals surface area contributed by atoms with E-state index in [9.17, 15) is 4.79 Å². The Morgan fingerprint density at radius 1 is 1.04 bits per heavy atom. The number of aromatic nitrogens is 4. The number of nitrogens with zero attached hydrogens (tertiary/aromatic N) is 5. The molecule has 0 bridgehead atoms. The van der Waals surface area contributed by atoms with Gasteiger partial charge in [-0.05, 0) is 30.0 Å². The molecule has 6 heteroatoms. The molecule has 3 aromatic rings. The highest BCUT2D eigenvalue weighted by Crippen LogP contribution is 2.32. The molecule has 1 atom stereocenters. The fourth-order valence-corrected chi connectivity index (χ4v) is 3.64. The van der Waals surface area contributed by atoms with Crippen LogP contribution in [0.4, 0.5) is 0 Å². The molecule has 0 spiro atoms. The van der Waals surface area contributed by atoms with Crippen molar-refractivity contribution in [3.8, 4) is 11.4 Å². The molecule has 1 aliphatic heterocycles. The van der Waals surface area contributed by atoms with Crippen molar-refractivity contribution in [2.45, 2.75) is 38.3 Å². The molecule has 0 saturated carbocycles. The average Bonchev–Trinajstić information content (AvgIpc) is 3.39. The van der Waals surface area contributed by atoms with Gasteiger partial charge in [0.25, 0.3) is 0 Å². The van der Waals surface area contributed by atoms with Crippen LogP contribution in [0.25, 0.3) is 11.4 Å². The fraction of sp³-hybridized carbons (Fsp3) is 0.333. The maximum Gasteiger partial charge on any atom is 0.223 e. The van der Waals surface area contributed by atoms with E-state index in [4.69, 9.17) is 0 Å². The molecule has 1 amide bonds. The van der Waals surface area contributed by atoms with Gasteiger partial charge in [-0.3, -0.25) is 4.79 Å². The normalized spacial score (nSPS) is 16.6. The molecule has 1 fully saturated rings. The van der Waals surface area contributed by atoms with Crippen molar-refractivity contribution in [3.63, 3.8) is 0 Å². The smallest absolute Gasteiger partial charge is 0.223 e. The number of amides is 1. The standard InChI is InChI=1S/C21H23N5O/c27-20(25-15-7-13-19(25)17-9-3-1-4-10-17)14-8-16-26-23-21(22-24-26)18-11-5-2-6-12-18/h1-6,9-12,19H,7-8,13-16H2. The number of tetrazole rings is 1. The van der Waals surface area contributed by atoms with Gasteiger partial charge in [0, 0.05) is 18.5 Å². The van der Waals surface area contributed by atoms with Crippen molar-refractivity contribution in [2.24, 2.45) is 0 Å². The number of likely N-dealkylation sites (tertiary alicyclic amines) is 1. The van der Waals surface area contributed by atoms with Crippen LogP contribution in [0, 0.1) is 0 Å². The Kier molecular flexibility index (Phi) is 5.23. The summed E-state index contributed by atoms with van der Waals surface area (Å²) < 4.78 is 0. The van der Waals surface area contributed by atoms with Gasteiger partial charge >= 0.3 is 0 Å². The highest BCUT2D eigenvalue weighted by molar-refractivity contribution is 5.77. The van der Waals surface area contributed by atoms with Crippen molar-refractivity contribution >= 4 is 5.91 Å². The van der Waals surface area contributed by atoms with Gasteiger partial charge in [-0.1, -0.05) is 60.7 Å². The van der Waals surface area contributed by atoms with Gasteiger partial charge in [0.05, 0.1) is 12.6 Å². The van der Waals surface area contributed by atoms with Gasteiger partial charge in [0.15, 0.2) is 0 Å². The van der Waals surface area contributed by atoms with E-state index in [1.54, 1.807) is 4.80 Å². The minimum atomic E-state index is 0.213. The molecule has 0 N–H and O–H groups in total. The Labute approximate surface area is 158 Å². The van der Waals surface area contributed by atoms with Gasteiger partial charge in [-0.2, -0.15) is 4.80 Å². The molecule has 4 rings (SSSR count). The molecule has 138 valence electrons. The van der Waals surface area contributed by atoms with Gasteiger partial charge < -0.3 is 4.90 Å². The van der Waals surface area contributed by atoms with Gasteiger partial charge in [0.2, 0.25) is 11.7 Å². The van der Waals surface area contributed by atoms with Crippen LogP contribution in [0.15, 0.2) is 60.7 Å². The molecule has 0 radical (unpaired) electrons. The first-order chi connectivity index (χ1) is 13.3. The summed E-state index contributed by atoms with van der Waals surface area (Å²) in [6.07, 6.45) is 3.32. The summed E-state index contributed by atoms with van der Waals surface area (Å²) in [5.74, 6) is 0.829. The summed E-state index contributed by atoms with van der Waals surface area (Å²) in [4.78, 5) is 16.3. The molecule has 2 heterocycles. The molecular weight excluding hydrogens is 338 g/mol. The second-order valence-corrected chi connectivity index (χ2v) is 6.83. The lowest BCUT2D eigenvalue weighted by Gasteiger charge is -2.25. The van der Waals surface area contributed by atoms with E-state index in [2.05, 4.69) is 27.5 Å². The summed E-state index contributed by atoms with van der Waals surface area (Å²) >= 11 is 0. The van der Waals surface area contributed by atoms with Crippen molar-refractivity contribution in [1.29, 1.82) is 0 Å². The van der Waals surface area contributed by atoms with E-state index in [0.717, 1.165) is 24.9 Å². The average molecular weight is 361 g/mol. The van der Waals surface area contributed by atoms with Gasteiger partial charge in [-0.15, -0.1) is 10.2 Å². The van der Waals surface area contributed by atoms with E-state index in [-0.39, 0.29) is 11.9 Å². The fourth-order valence-electron chi connectivity index (χ4n) is 3.64. The third-order valence-corrected chi connectivity index (χ3v) is 4.99. The van der Waals surface area contributed by atoms with Crippen LogP contribution in [0.1, 0.15) is 37.3 Å². The number of hydrogen-bond acceptors (Lipinski definition) is 4. The summed E-state index contributed by atoms with van der Waals surface area (Å²) in [6, 6.07) is 20.3.